The summed E-state index contributed by atoms with van der Waals surface area (Å²) in [5.41, 5.74) is -0.373. The second-order valence-corrected chi connectivity index (χ2v) is 10.8. The Morgan fingerprint density at radius 2 is 1.31 bits per heavy atom. The number of ether oxygens (including phenoxy) is 1. The van der Waals surface area contributed by atoms with Crippen molar-refractivity contribution in [1.29, 1.82) is 0 Å². The lowest BCUT2D eigenvalue weighted by Crippen LogP contribution is -2.27. The highest BCUT2D eigenvalue weighted by Crippen LogP contribution is 2.34. The Morgan fingerprint density at radius 1 is 0.778 bits per heavy atom. The van der Waals surface area contributed by atoms with E-state index in [0.717, 1.165) is 35.0 Å². The molecular weight excluding hydrogens is 600 g/mol. The maximum Gasteiger partial charge on any atom is 0.435 e. The molecule has 1 heterocycles. The molecule has 0 saturated carbocycles. The first-order chi connectivity index (χ1) is 21.0. The van der Waals surface area contributed by atoms with Crippen molar-refractivity contribution in [3.05, 3.63) is 126 Å². The second kappa shape index (κ2) is 12.8. The Morgan fingerprint density at radius 3 is 1.82 bits per heavy atom. The summed E-state index contributed by atoms with van der Waals surface area (Å²) in [6.45, 7) is 5.16. The number of alkyl halides is 6. The summed E-state index contributed by atoms with van der Waals surface area (Å²) >= 11 is 0. The van der Waals surface area contributed by atoms with E-state index in [1.807, 2.05) is 0 Å². The van der Waals surface area contributed by atoms with Crippen molar-refractivity contribution in [1.82, 2.24) is 9.78 Å². The van der Waals surface area contributed by atoms with Gasteiger partial charge in [-0.15, -0.1) is 0 Å². The molecule has 0 aliphatic carbocycles. The molecule has 1 amide bonds. The molecule has 3 aromatic carbocycles. The number of hydrogen-bond acceptors (Lipinski definition) is 4. The van der Waals surface area contributed by atoms with Crippen LogP contribution in [0.5, 0.6) is 0 Å². The molecule has 1 aromatic heterocycles. The van der Waals surface area contributed by atoms with Crippen molar-refractivity contribution in [2.45, 2.75) is 38.7 Å². The van der Waals surface area contributed by atoms with Gasteiger partial charge in [0, 0.05) is 17.8 Å². The molecule has 45 heavy (non-hydrogen) atoms. The zero-order valence-electron chi connectivity index (χ0n) is 24.2. The fourth-order valence-corrected chi connectivity index (χ4v) is 4.14. The highest BCUT2D eigenvalue weighted by Gasteiger charge is 2.31. The number of carbonyl (C=O) groups excluding carboxylic acids is 2. The first-order valence-electron chi connectivity index (χ1n) is 13.4. The normalized spacial score (nSPS) is 12.2. The summed E-state index contributed by atoms with van der Waals surface area (Å²) < 4.78 is 85.0. The molecule has 4 aromatic rings. The number of anilines is 1. The lowest BCUT2D eigenvalue weighted by molar-refractivity contribution is -0.138. The van der Waals surface area contributed by atoms with Gasteiger partial charge in [-0.05, 0) is 73.9 Å². The van der Waals surface area contributed by atoms with E-state index in [1.54, 1.807) is 51.1 Å². The summed E-state index contributed by atoms with van der Waals surface area (Å²) in [7, 11) is 0. The van der Waals surface area contributed by atoms with Crippen LogP contribution in [0.15, 0.2) is 103 Å². The van der Waals surface area contributed by atoms with E-state index in [9.17, 15) is 35.9 Å². The van der Waals surface area contributed by atoms with Crippen LogP contribution in [0.4, 0.5) is 36.8 Å². The number of nitrogens with zero attached hydrogens (tertiary/aromatic N) is 2. The van der Waals surface area contributed by atoms with Crippen molar-refractivity contribution in [3.63, 3.8) is 0 Å². The van der Waals surface area contributed by atoms with E-state index in [0.29, 0.717) is 28.1 Å². The molecule has 6 nitrogen and oxygen atoms in total. The molecule has 234 valence electrons. The third kappa shape index (κ3) is 8.71. The fraction of sp³-hybridized carbons (Fsp3) is 0.182. The van der Waals surface area contributed by atoms with E-state index < -0.39 is 41.1 Å². The van der Waals surface area contributed by atoms with Crippen LogP contribution in [0.2, 0.25) is 0 Å². The zero-order chi connectivity index (χ0) is 33.0. The number of amides is 1. The summed E-state index contributed by atoms with van der Waals surface area (Å²) in [4.78, 5) is 25.2. The van der Waals surface area contributed by atoms with Crippen LogP contribution in [0, 0.1) is 0 Å². The Balaban J connectivity index is 1.59. The van der Waals surface area contributed by atoms with Crippen LogP contribution in [-0.4, -0.2) is 27.4 Å². The molecule has 0 atom stereocenters. The van der Waals surface area contributed by atoms with Gasteiger partial charge in [-0.3, -0.25) is 4.79 Å². The van der Waals surface area contributed by atoms with Crippen molar-refractivity contribution in [2.75, 3.05) is 5.32 Å². The van der Waals surface area contributed by atoms with Crippen LogP contribution in [-0.2, 0) is 21.9 Å². The van der Waals surface area contributed by atoms with Crippen LogP contribution in [0.25, 0.3) is 16.8 Å². The summed E-state index contributed by atoms with van der Waals surface area (Å²) in [6, 6.07) is 16.6. The smallest absolute Gasteiger partial charge is 0.435 e. The number of carbonyl (C=O) groups is 2. The molecule has 0 aliphatic rings. The predicted molar refractivity (Wildman–Crippen MR) is 157 cm³/mol. The molecule has 0 fully saturated rings. The quantitative estimate of drug-likeness (QED) is 0.132. The van der Waals surface area contributed by atoms with Gasteiger partial charge in [0.25, 0.3) is 0 Å². The van der Waals surface area contributed by atoms with Crippen molar-refractivity contribution >= 4 is 23.3 Å². The van der Waals surface area contributed by atoms with Crippen LogP contribution < -0.4 is 5.32 Å². The molecule has 0 bridgehead atoms. The van der Waals surface area contributed by atoms with Crippen LogP contribution >= 0.6 is 0 Å². The summed E-state index contributed by atoms with van der Waals surface area (Å²) in [5.74, 6) is -0.579. The van der Waals surface area contributed by atoms with E-state index in [1.165, 1.54) is 42.6 Å². The molecule has 0 aliphatic heterocycles. The third-order valence-electron chi connectivity index (χ3n) is 6.19. The number of para-hydroxylation sites is 1. The molecule has 4 rings (SSSR count). The molecule has 0 unspecified atom stereocenters. The molecular formula is C33H27F6N3O3. The van der Waals surface area contributed by atoms with Gasteiger partial charge in [0.1, 0.15) is 5.60 Å². The van der Waals surface area contributed by atoms with Crippen molar-refractivity contribution < 1.29 is 40.7 Å². The number of rotatable bonds is 6. The largest absolute Gasteiger partial charge is 0.442 e. The first-order valence-corrected chi connectivity index (χ1v) is 13.4. The van der Waals surface area contributed by atoms with E-state index in [2.05, 4.69) is 10.4 Å². The Kier molecular flexibility index (Phi) is 9.36. The summed E-state index contributed by atoms with van der Waals surface area (Å²) in [5, 5.41) is 6.97. The number of allylic oxidation sites excluding steroid dienone is 2. The van der Waals surface area contributed by atoms with Gasteiger partial charge in [-0.2, -0.15) is 36.1 Å². The Hall–Kier alpha value is -5.13. The van der Waals surface area contributed by atoms with Crippen molar-refractivity contribution in [3.8, 4) is 11.3 Å². The Bertz CT molecular complexity index is 1670. The van der Waals surface area contributed by atoms with Crippen LogP contribution in [0.3, 0.4) is 0 Å². The SMILES string of the molecule is CC(C)(C)OC(=O)n1ccc(-c2ccccc2NC(=O)/C=C/C=C(c2ccc(C(F)(F)F)cc2)c2ccc(C(F)(F)F)cc2)n1. The Labute approximate surface area is 254 Å². The summed E-state index contributed by atoms with van der Waals surface area (Å²) in [6.07, 6.45) is -4.49. The fourth-order valence-electron chi connectivity index (χ4n) is 4.14. The number of aromatic nitrogens is 2. The lowest BCUT2D eigenvalue weighted by atomic mass is 9.95. The second-order valence-electron chi connectivity index (χ2n) is 10.8. The van der Waals surface area contributed by atoms with E-state index >= 15 is 0 Å². The first kappa shape index (κ1) is 32.8. The van der Waals surface area contributed by atoms with E-state index in [4.69, 9.17) is 4.74 Å². The van der Waals surface area contributed by atoms with Gasteiger partial charge in [-0.25, -0.2) is 4.79 Å². The standard InChI is InChI=1S/C33H27F6N3O3/c1-31(2,3)45-30(44)42-20-19-28(41-42)26-7-4-5-9-27(26)40-29(43)10-6-8-25(21-11-15-23(16-12-21)32(34,35)36)22-13-17-24(18-14-22)33(37,38)39/h4-20H,1-3H3,(H,40,43)/b10-6+. The van der Waals surface area contributed by atoms with Gasteiger partial charge >= 0.3 is 18.4 Å². The zero-order valence-corrected chi connectivity index (χ0v) is 24.2. The number of nitrogens with one attached hydrogen (secondary N) is 1. The van der Waals surface area contributed by atoms with Gasteiger partial charge in [-0.1, -0.05) is 54.6 Å². The lowest BCUT2D eigenvalue weighted by Gasteiger charge is -2.18. The van der Waals surface area contributed by atoms with E-state index in [-0.39, 0.29) is 5.57 Å². The van der Waals surface area contributed by atoms with Crippen molar-refractivity contribution in [2.24, 2.45) is 0 Å². The average molecular weight is 628 g/mol. The average Bonchev–Trinajstić information content (AvgIpc) is 3.45. The molecule has 12 heteroatoms. The maximum atomic E-state index is 13.1. The van der Waals surface area contributed by atoms with Gasteiger partial charge in [0.05, 0.1) is 22.5 Å². The number of hydrogen-bond donors (Lipinski definition) is 1. The minimum absolute atomic E-state index is 0.287. The molecule has 0 spiro atoms. The molecule has 1 N–H and O–H groups in total. The number of benzene rings is 3. The maximum absolute atomic E-state index is 13.1. The van der Waals surface area contributed by atoms with Gasteiger partial charge < -0.3 is 10.1 Å². The topological polar surface area (TPSA) is 73.2 Å². The minimum atomic E-state index is -4.57. The highest BCUT2D eigenvalue weighted by atomic mass is 19.4. The van der Waals surface area contributed by atoms with Crippen LogP contribution in [0.1, 0.15) is 43.0 Å². The van der Waals surface area contributed by atoms with Gasteiger partial charge in [0.2, 0.25) is 5.91 Å². The monoisotopic (exact) mass is 627 g/mol. The highest BCUT2D eigenvalue weighted by molar-refractivity contribution is 6.02. The van der Waals surface area contributed by atoms with Gasteiger partial charge in [0.15, 0.2) is 0 Å². The minimum Gasteiger partial charge on any atom is -0.442 e. The number of halogens is 6. The molecule has 0 saturated heterocycles. The molecule has 0 radical (unpaired) electrons. The predicted octanol–water partition coefficient (Wildman–Crippen LogP) is 9.00. The third-order valence-corrected chi connectivity index (χ3v) is 6.19.